The fraction of sp³-hybridized carbons (Fsp3) is 0.263. The van der Waals surface area contributed by atoms with Crippen LogP contribution in [0.2, 0.25) is 0 Å². The second kappa shape index (κ2) is 7.86. The average Bonchev–Trinajstić information content (AvgIpc) is 2.61. The lowest BCUT2D eigenvalue weighted by Gasteiger charge is -2.20. The number of aliphatic hydroxyl groups excluding tert-OH is 1. The number of anilines is 1. The number of aryl methyl sites for hydroxylation is 1. The molecule has 0 saturated carbocycles. The predicted octanol–water partition coefficient (Wildman–Crippen LogP) is 2.15. The number of rotatable bonds is 7. The number of hydrogen-bond donors (Lipinski definition) is 3. The van der Waals surface area contributed by atoms with Crippen LogP contribution < -0.4 is 11.1 Å². The van der Waals surface area contributed by atoms with E-state index in [1.165, 1.54) is 6.92 Å². The lowest BCUT2D eigenvalue weighted by molar-refractivity contribution is -0.121. The summed E-state index contributed by atoms with van der Waals surface area (Å²) in [6, 6.07) is 16.5. The molecule has 126 valence electrons. The van der Waals surface area contributed by atoms with E-state index < -0.39 is 18.1 Å². The van der Waals surface area contributed by atoms with Crippen molar-refractivity contribution in [1.82, 2.24) is 0 Å². The maximum Gasteiger partial charge on any atom is 0.246 e. The van der Waals surface area contributed by atoms with Crippen LogP contribution in [0.1, 0.15) is 29.3 Å². The van der Waals surface area contributed by atoms with Gasteiger partial charge in [-0.2, -0.15) is 0 Å². The molecule has 0 fully saturated rings. The first kappa shape index (κ1) is 17.8. The Morgan fingerprint density at radius 3 is 2.29 bits per heavy atom. The molecule has 0 aromatic heterocycles. The minimum absolute atomic E-state index is 0.0516. The number of amides is 1. The molecule has 1 atom stereocenters. The third-order valence-electron chi connectivity index (χ3n) is 3.80. The van der Waals surface area contributed by atoms with E-state index in [4.69, 9.17) is 10.8 Å². The van der Waals surface area contributed by atoms with Crippen molar-refractivity contribution < 1.29 is 14.7 Å². The summed E-state index contributed by atoms with van der Waals surface area (Å²) in [5, 5.41) is 11.7. The zero-order chi connectivity index (χ0) is 17.6. The van der Waals surface area contributed by atoms with Crippen molar-refractivity contribution in [3.63, 3.8) is 0 Å². The minimum atomic E-state index is -1.34. The smallest absolute Gasteiger partial charge is 0.246 e. The zero-order valence-corrected chi connectivity index (χ0v) is 13.7. The molecule has 2 rings (SSSR count). The number of nitrogens with two attached hydrogens (primary N) is 1. The minimum Gasteiger partial charge on any atom is -0.394 e. The predicted molar refractivity (Wildman–Crippen MR) is 93.8 cm³/mol. The second-order valence-electron chi connectivity index (χ2n) is 6.02. The Morgan fingerprint density at radius 2 is 1.71 bits per heavy atom. The van der Waals surface area contributed by atoms with Gasteiger partial charge in [0.15, 0.2) is 5.78 Å². The normalized spacial score (nSPS) is 13.1. The third kappa shape index (κ3) is 4.75. The van der Waals surface area contributed by atoms with Crippen molar-refractivity contribution in [1.29, 1.82) is 0 Å². The molecule has 0 unspecified atom stereocenters. The molecular weight excluding hydrogens is 304 g/mol. The van der Waals surface area contributed by atoms with Crippen molar-refractivity contribution in [3.8, 4) is 0 Å². The van der Waals surface area contributed by atoms with Gasteiger partial charge < -0.3 is 16.2 Å². The molecule has 0 heterocycles. The molecule has 0 spiro atoms. The van der Waals surface area contributed by atoms with Crippen LogP contribution in [0.25, 0.3) is 0 Å². The van der Waals surface area contributed by atoms with Crippen molar-refractivity contribution in [3.05, 3.63) is 65.7 Å². The van der Waals surface area contributed by atoms with Crippen LogP contribution in [-0.4, -0.2) is 28.9 Å². The van der Waals surface area contributed by atoms with E-state index in [9.17, 15) is 9.59 Å². The average molecular weight is 326 g/mol. The molecular formula is C19H22N2O3. The summed E-state index contributed by atoms with van der Waals surface area (Å²) in [7, 11) is 0. The van der Waals surface area contributed by atoms with E-state index in [0.29, 0.717) is 24.1 Å². The quantitative estimate of drug-likeness (QED) is 0.680. The van der Waals surface area contributed by atoms with Gasteiger partial charge in [0.05, 0.1) is 6.61 Å². The summed E-state index contributed by atoms with van der Waals surface area (Å²) in [6.45, 7) is 0.999. The number of ketones is 1. The molecule has 0 saturated heterocycles. The Hall–Kier alpha value is -2.50. The Bertz CT molecular complexity index is 694. The van der Waals surface area contributed by atoms with Gasteiger partial charge in [0.2, 0.25) is 5.91 Å². The number of nitrogens with one attached hydrogen (secondary N) is 1. The van der Waals surface area contributed by atoms with Gasteiger partial charge in [-0.3, -0.25) is 9.59 Å². The molecule has 24 heavy (non-hydrogen) atoms. The van der Waals surface area contributed by atoms with Crippen LogP contribution in [0.15, 0.2) is 54.6 Å². The number of Topliss-reactive ketones (excluding diaryl/α,β-unsaturated/α-hetero) is 1. The van der Waals surface area contributed by atoms with Crippen molar-refractivity contribution >= 4 is 17.4 Å². The Morgan fingerprint density at radius 1 is 1.08 bits per heavy atom. The van der Waals surface area contributed by atoms with E-state index in [1.54, 1.807) is 24.3 Å². The molecule has 0 aliphatic carbocycles. The monoisotopic (exact) mass is 326 g/mol. The molecule has 5 heteroatoms. The van der Waals surface area contributed by atoms with Crippen molar-refractivity contribution in [2.24, 2.45) is 5.73 Å². The summed E-state index contributed by atoms with van der Waals surface area (Å²) in [4.78, 5) is 24.1. The molecule has 0 aliphatic heterocycles. The topological polar surface area (TPSA) is 92.4 Å². The fourth-order valence-corrected chi connectivity index (χ4v) is 2.13. The molecule has 0 radical (unpaired) electrons. The van der Waals surface area contributed by atoms with Gasteiger partial charge >= 0.3 is 0 Å². The van der Waals surface area contributed by atoms with Gasteiger partial charge in [0, 0.05) is 17.7 Å². The van der Waals surface area contributed by atoms with Crippen LogP contribution in [0.3, 0.4) is 0 Å². The summed E-state index contributed by atoms with van der Waals surface area (Å²) in [6.07, 6.45) is 1.13. The highest BCUT2D eigenvalue weighted by Crippen LogP contribution is 2.14. The second-order valence-corrected chi connectivity index (χ2v) is 6.02. The summed E-state index contributed by atoms with van der Waals surface area (Å²) < 4.78 is 0. The van der Waals surface area contributed by atoms with Crippen LogP contribution in [0.5, 0.6) is 0 Å². The molecule has 5 nitrogen and oxygen atoms in total. The molecule has 4 N–H and O–H groups in total. The number of carbonyl (C=O) groups excluding carboxylic acids is 2. The Labute approximate surface area is 141 Å². The van der Waals surface area contributed by atoms with Crippen molar-refractivity contribution in [2.45, 2.75) is 25.3 Å². The summed E-state index contributed by atoms with van der Waals surface area (Å²) in [5.74, 6) is -0.427. The Balaban J connectivity index is 1.94. The Kier molecular flexibility index (Phi) is 5.84. The van der Waals surface area contributed by atoms with Crippen molar-refractivity contribution in [2.75, 3.05) is 11.9 Å². The standard InChI is InChI=1S/C19H22N2O3/c1-19(20,13-22)18(24)21-16-10-8-15(9-11-16)17(23)12-7-14-5-3-2-4-6-14/h2-6,8-11,22H,7,12-13,20H2,1H3,(H,21,24)/t19-/m0/s1. The first-order valence-corrected chi connectivity index (χ1v) is 7.81. The number of aliphatic hydroxyl groups is 1. The number of carbonyl (C=O) groups is 2. The van der Waals surface area contributed by atoms with Gasteiger partial charge in [0.25, 0.3) is 0 Å². The highest BCUT2D eigenvalue weighted by Gasteiger charge is 2.27. The first-order valence-electron chi connectivity index (χ1n) is 7.81. The third-order valence-corrected chi connectivity index (χ3v) is 3.80. The van der Waals surface area contributed by atoms with Gasteiger partial charge in [-0.25, -0.2) is 0 Å². The van der Waals surface area contributed by atoms with E-state index in [-0.39, 0.29) is 5.78 Å². The van der Waals surface area contributed by atoms with E-state index in [1.807, 2.05) is 30.3 Å². The van der Waals surface area contributed by atoms with Crippen LogP contribution in [-0.2, 0) is 11.2 Å². The molecule has 0 bridgehead atoms. The fourth-order valence-electron chi connectivity index (χ4n) is 2.13. The lowest BCUT2D eigenvalue weighted by atomic mass is 10.0. The molecule has 2 aromatic rings. The maximum absolute atomic E-state index is 12.2. The van der Waals surface area contributed by atoms with Crippen LogP contribution in [0.4, 0.5) is 5.69 Å². The van der Waals surface area contributed by atoms with E-state index >= 15 is 0 Å². The highest BCUT2D eigenvalue weighted by molar-refractivity contribution is 5.99. The van der Waals surface area contributed by atoms with Gasteiger partial charge in [0.1, 0.15) is 5.54 Å². The lowest BCUT2D eigenvalue weighted by Crippen LogP contribution is -2.51. The number of benzene rings is 2. The molecule has 0 aliphatic rings. The molecule has 1 amide bonds. The van der Waals surface area contributed by atoms with Gasteiger partial charge in [-0.1, -0.05) is 30.3 Å². The number of hydrogen-bond acceptors (Lipinski definition) is 4. The van der Waals surface area contributed by atoms with Crippen LogP contribution >= 0.6 is 0 Å². The highest BCUT2D eigenvalue weighted by atomic mass is 16.3. The van der Waals surface area contributed by atoms with Gasteiger partial charge in [-0.15, -0.1) is 0 Å². The van der Waals surface area contributed by atoms with Gasteiger partial charge in [-0.05, 0) is 43.2 Å². The maximum atomic E-state index is 12.2. The van der Waals surface area contributed by atoms with Crippen LogP contribution in [0, 0.1) is 0 Å². The zero-order valence-electron chi connectivity index (χ0n) is 13.7. The first-order chi connectivity index (χ1) is 11.4. The SMILES string of the molecule is C[C@](N)(CO)C(=O)Nc1ccc(C(=O)CCc2ccccc2)cc1. The largest absolute Gasteiger partial charge is 0.394 e. The van der Waals surface area contributed by atoms with E-state index in [0.717, 1.165) is 5.56 Å². The molecule has 2 aromatic carbocycles. The summed E-state index contributed by atoms with van der Waals surface area (Å²) in [5.41, 5.74) is 6.58. The van der Waals surface area contributed by atoms with E-state index in [2.05, 4.69) is 5.32 Å². The summed E-state index contributed by atoms with van der Waals surface area (Å²) >= 11 is 0.